The van der Waals surface area contributed by atoms with Crippen LogP contribution < -0.4 is 4.74 Å². The third-order valence-electron chi connectivity index (χ3n) is 2.04. The number of alkyl halides is 3. The summed E-state index contributed by atoms with van der Waals surface area (Å²) in [5.41, 5.74) is -1.08. The molecule has 3 nitrogen and oxygen atoms in total. The van der Waals surface area contributed by atoms with Crippen molar-refractivity contribution in [3.63, 3.8) is 0 Å². The van der Waals surface area contributed by atoms with Gasteiger partial charge in [0.1, 0.15) is 5.75 Å². The molecule has 2 rings (SSSR count). The number of hydrogen-bond donors (Lipinski definition) is 0. The fourth-order valence-corrected chi connectivity index (χ4v) is 1.69. The molecular formula is C11H5BrClF3N2O. The van der Waals surface area contributed by atoms with Crippen molar-refractivity contribution in [3.8, 4) is 11.6 Å². The Balaban J connectivity index is 2.22. The molecule has 0 saturated heterocycles. The fraction of sp³-hybridized carbons (Fsp3) is 0.0909. The zero-order valence-corrected chi connectivity index (χ0v) is 11.4. The van der Waals surface area contributed by atoms with Crippen LogP contribution in [0.15, 0.2) is 34.8 Å². The lowest BCUT2D eigenvalue weighted by Gasteiger charge is -2.08. The van der Waals surface area contributed by atoms with E-state index in [1.807, 2.05) is 0 Å². The Labute approximate surface area is 119 Å². The van der Waals surface area contributed by atoms with Crippen LogP contribution in [0.25, 0.3) is 0 Å². The summed E-state index contributed by atoms with van der Waals surface area (Å²) in [6.07, 6.45) is -4.53. The van der Waals surface area contributed by atoms with Crippen molar-refractivity contribution in [1.82, 2.24) is 10.2 Å². The molecule has 0 unspecified atom stereocenters. The second-order valence-corrected chi connectivity index (χ2v) is 4.75. The highest BCUT2D eigenvalue weighted by molar-refractivity contribution is 9.10. The molecule has 0 saturated carbocycles. The fourth-order valence-electron chi connectivity index (χ4n) is 1.19. The molecule has 1 aromatic heterocycles. The van der Waals surface area contributed by atoms with Gasteiger partial charge in [-0.1, -0.05) is 27.5 Å². The van der Waals surface area contributed by atoms with Crippen molar-refractivity contribution < 1.29 is 17.9 Å². The van der Waals surface area contributed by atoms with Gasteiger partial charge in [-0.3, -0.25) is 0 Å². The first-order valence-electron chi connectivity index (χ1n) is 4.90. The van der Waals surface area contributed by atoms with Crippen molar-refractivity contribution in [2.24, 2.45) is 0 Å². The van der Waals surface area contributed by atoms with Crippen molar-refractivity contribution in [3.05, 3.63) is 45.5 Å². The maximum Gasteiger partial charge on any atom is 0.435 e. The van der Waals surface area contributed by atoms with Gasteiger partial charge in [0.15, 0.2) is 5.69 Å². The molecule has 0 aliphatic heterocycles. The minimum absolute atomic E-state index is 0.0759. The monoisotopic (exact) mass is 352 g/mol. The summed E-state index contributed by atoms with van der Waals surface area (Å²) in [4.78, 5) is 0. The van der Waals surface area contributed by atoms with Crippen LogP contribution in [0.5, 0.6) is 11.6 Å². The van der Waals surface area contributed by atoms with Crippen LogP contribution in [0.3, 0.4) is 0 Å². The van der Waals surface area contributed by atoms with Gasteiger partial charge in [0.2, 0.25) is 5.88 Å². The molecule has 1 heterocycles. The van der Waals surface area contributed by atoms with Crippen molar-refractivity contribution >= 4 is 27.5 Å². The quantitative estimate of drug-likeness (QED) is 0.785. The van der Waals surface area contributed by atoms with Gasteiger partial charge in [0.05, 0.1) is 5.02 Å². The minimum Gasteiger partial charge on any atom is -0.436 e. The molecule has 100 valence electrons. The van der Waals surface area contributed by atoms with Crippen molar-refractivity contribution in [2.45, 2.75) is 6.18 Å². The average molecular weight is 354 g/mol. The van der Waals surface area contributed by atoms with Gasteiger partial charge in [-0.05, 0) is 24.3 Å². The van der Waals surface area contributed by atoms with E-state index < -0.39 is 11.9 Å². The van der Waals surface area contributed by atoms with Crippen LogP contribution in [-0.4, -0.2) is 10.2 Å². The molecule has 0 spiro atoms. The number of nitrogens with zero attached hydrogens (tertiary/aromatic N) is 2. The first-order chi connectivity index (χ1) is 8.86. The topological polar surface area (TPSA) is 35.0 Å². The first-order valence-corrected chi connectivity index (χ1v) is 6.07. The first kappa shape index (κ1) is 14.1. The zero-order chi connectivity index (χ0) is 14.0. The molecule has 0 aliphatic rings. The van der Waals surface area contributed by atoms with Crippen LogP contribution in [0.4, 0.5) is 13.2 Å². The summed E-state index contributed by atoms with van der Waals surface area (Å²) >= 11 is 9.10. The maximum absolute atomic E-state index is 12.3. The van der Waals surface area contributed by atoms with E-state index in [-0.39, 0.29) is 11.6 Å². The molecule has 0 atom stereocenters. The highest BCUT2D eigenvalue weighted by Crippen LogP contribution is 2.32. The van der Waals surface area contributed by atoms with Crippen molar-refractivity contribution in [2.75, 3.05) is 0 Å². The standard InChI is InChI=1S/C11H5BrClF3N2O/c12-6-1-2-7(13)8(5-6)19-10-4-3-9(17-18-10)11(14,15)16/h1-5H. The Hall–Kier alpha value is -1.34. The number of hydrogen-bond acceptors (Lipinski definition) is 3. The molecule has 19 heavy (non-hydrogen) atoms. The molecule has 0 amide bonds. The molecular weight excluding hydrogens is 348 g/mol. The predicted octanol–water partition coefficient (Wildman–Crippen LogP) is 4.70. The number of halogens is 5. The summed E-state index contributed by atoms with van der Waals surface area (Å²) in [7, 11) is 0. The summed E-state index contributed by atoms with van der Waals surface area (Å²) in [5.74, 6) is 0.193. The Kier molecular flexibility index (Phi) is 3.96. The minimum atomic E-state index is -4.53. The Morgan fingerprint density at radius 2 is 1.84 bits per heavy atom. The molecule has 8 heteroatoms. The van der Waals surface area contributed by atoms with Gasteiger partial charge in [-0.2, -0.15) is 13.2 Å². The van der Waals surface area contributed by atoms with E-state index in [0.717, 1.165) is 12.1 Å². The lowest BCUT2D eigenvalue weighted by molar-refractivity contribution is -0.141. The van der Waals surface area contributed by atoms with Crippen LogP contribution in [-0.2, 0) is 6.18 Å². The van der Waals surface area contributed by atoms with Crippen LogP contribution >= 0.6 is 27.5 Å². The van der Waals surface area contributed by atoms with E-state index in [9.17, 15) is 13.2 Å². The molecule has 0 radical (unpaired) electrons. The second-order valence-electron chi connectivity index (χ2n) is 3.43. The Morgan fingerprint density at radius 3 is 2.42 bits per heavy atom. The molecule has 0 N–H and O–H groups in total. The average Bonchev–Trinajstić information content (AvgIpc) is 2.33. The van der Waals surface area contributed by atoms with Gasteiger partial charge in [-0.15, -0.1) is 10.2 Å². The van der Waals surface area contributed by atoms with E-state index in [4.69, 9.17) is 16.3 Å². The molecule has 0 aliphatic carbocycles. The van der Waals surface area contributed by atoms with E-state index in [0.29, 0.717) is 9.50 Å². The van der Waals surface area contributed by atoms with Crippen LogP contribution in [0, 0.1) is 0 Å². The van der Waals surface area contributed by atoms with E-state index in [1.165, 1.54) is 0 Å². The lowest BCUT2D eigenvalue weighted by Crippen LogP contribution is -2.08. The normalized spacial score (nSPS) is 11.4. The Bertz CT molecular complexity index is 589. The lowest BCUT2D eigenvalue weighted by atomic mass is 10.3. The number of ether oxygens (including phenoxy) is 1. The highest BCUT2D eigenvalue weighted by Gasteiger charge is 2.33. The molecule has 2 aromatic rings. The van der Waals surface area contributed by atoms with Crippen LogP contribution in [0.1, 0.15) is 5.69 Å². The van der Waals surface area contributed by atoms with E-state index in [1.54, 1.807) is 18.2 Å². The molecule has 1 aromatic carbocycles. The van der Waals surface area contributed by atoms with Gasteiger partial charge in [-0.25, -0.2) is 0 Å². The molecule has 0 fully saturated rings. The number of benzene rings is 1. The van der Waals surface area contributed by atoms with E-state index in [2.05, 4.69) is 26.1 Å². The van der Waals surface area contributed by atoms with Gasteiger partial charge in [0, 0.05) is 10.5 Å². The maximum atomic E-state index is 12.3. The third kappa shape index (κ3) is 3.57. The smallest absolute Gasteiger partial charge is 0.435 e. The zero-order valence-electron chi connectivity index (χ0n) is 9.08. The second kappa shape index (κ2) is 5.34. The van der Waals surface area contributed by atoms with Gasteiger partial charge >= 0.3 is 6.18 Å². The summed E-state index contributed by atoms with van der Waals surface area (Å²) in [6.45, 7) is 0. The summed E-state index contributed by atoms with van der Waals surface area (Å²) < 4.78 is 42.8. The summed E-state index contributed by atoms with van der Waals surface area (Å²) in [5, 5.41) is 6.70. The van der Waals surface area contributed by atoms with E-state index >= 15 is 0 Å². The highest BCUT2D eigenvalue weighted by atomic mass is 79.9. The number of rotatable bonds is 2. The predicted molar refractivity (Wildman–Crippen MR) is 66.3 cm³/mol. The van der Waals surface area contributed by atoms with Gasteiger partial charge < -0.3 is 4.74 Å². The van der Waals surface area contributed by atoms with Crippen molar-refractivity contribution in [1.29, 1.82) is 0 Å². The Morgan fingerprint density at radius 1 is 1.11 bits per heavy atom. The molecule has 0 bridgehead atoms. The summed E-state index contributed by atoms with van der Waals surface area (Å²) in [6, 6.07) is 6.72. The van der Waals surface area contributed by atoms with Crippen LogP contribution in [0.2, 0.25) is 5.02 Å². The number of aromatic nitrogens is 2. The SMILES string of the molecule is FC(F)(F)c1ccc(Oc2cc(Br)ccc2Cl)nn1. The third-order valence-corrected chi connectivity index (χ3v) is 2.84. The largest absolute Gasteiger partial charge is 0.436 e. The van der Waals surface area contributed by atoms with Gasteiger partial charge in [0.25, 0.3) is 0 Å².